The normalized spacial score (nSPS) is 12.3. The van der Waals surface area contributed by atoms with Crippen LogP contribution < -0.4 is 14.4 Å². The summed E-state index contributed by atoms with van der Waals surface area (Å²) in [6.07, 6.45) is 1.77. The summed E-state index contributed by atoms with van der Waals surface area (Å²) in [7, 11) is -2.39. The Morgan fingerprint density at radius 2 is 1.74 bits per heavy atom. The van der Waals surface area contributed by atoms with Gasteiger partial charge in [0.15, 0.2) is 0 Å². The van der Waals surface area contributed by atoms with Gasteiger partial charge >= 0.3 is 0 Å². The summed E-state index contributed by atoms with van der Waals surface area (Å²) in [6, 6.07) is 14.7. The summed E-state index contributed by atoms with van der Waals surface area (Å²) in [5.41, 5.74) is 0.437. The summed E-state index contributed by atoms with van der Waals surface area (Å²) in [6.45, 7) is 3.66. The molecule has 146 valence electrons. The summed E-state index contributed by atoms with van der Waals surface area (Å²) in [4.78, 5) is 12.6. The van der Waals surface area contributed by atoms with Crippen molar-refractivity contribution in [3.05, 3.63) is 54.6 Å². The molecule has 27 heavy (non-hydrogen) atoms. The number of para-hydroxylation sites is 1. The van der Waals surface area contributed by atoms with Crippen LogP contribution >= 0.6 is 0 Å². The van der Waals surface area contributed by atoms with Crippen LogP contribution in [0.2, 0.25) is 0 Å². The third-order valence-corrected chi connectivity index (χ3v) is 5.90. The molecule has 0 radical (unpaired) electrons. The molecule has 0 aliphatic heterocycles. The molecule has 0 fully saturated rings. The quantitative estimate of drug-likeness (QED) is 0.713. The van der Waals surface area contributed by atoms with Gasteiger partial charge in [-0.25, -0.2) is 8.42 Å². The van der Waals surface area contributed by atoms with E-state index in [1.165, 1.54) is 19.2 Å². The van der Waals surface area contributed by atoms with Crippen LogP contribution in [0.5, 0.6) is 5.75 Å². The SMILES string of the molecule is CCC[C@H](C)NC(=O)CN(c1ccccc1)S(=O)(=O)c1ccc(OC)cc1. The Morgan fingerprint density at radius 3 is 2.30 bits per heavy atom. The van der Waals surface area contributed by atoms with Crippen molar-refractivity contribution in [2.75, 3.05) is 18.0 Å². The van der Waals surface area contributed by atoms with E-state index in [1.807, 2.05) is 13.8 Å². The van der Waals surface area contributed by atoms with E-state index < -0.39 is 10.0 Å². The van der Waals surface area contributed by atoms with Gasteiger partial charge < -0.3 is 10.1 Å². The first-order chi connectivity index (χ1) is 12.9. The second-order valence-electron chi connectivity index (χ2n) is 6.28. The monoisotopic (exact) mass is 390 g/mol. The van der Waals surface area contributed by atoms with Gasteiger partial charge in [0.05, 0.1) is 17.7 Å². The number of carbonyl (C=O) groups is 1. The number of rotatable bonds is 9. The minimum Gasteiger partial charge on any atom is -0.497 e. The van der Waals surface area contributed by atoms with Crippen molar-refractivity contribution in [2.45, 2.75) is 37.6 Å². The van der Waals surface area contributed by atoms with E-state index in [-0.39, 0.29) is 23.4 Å². The average molecular weight is 391 g/mol. The number of nitrogens with one attached hydrogen (secondary N) is 1. The molecule has 2 rings (SSSR count). The van der Waals surface area contributed by atoms with E-state index in [0.717, 1.165) is 17.1 Å². The van der Waals surface area contributed by atoms with Gasteiger partial charge in [-0.3, -0.25) is 9.10 Å². The molecule has 7 heteroatoms. The number of carbonyl (C=O) groups excluding carboxylic acids is 1. The van der Waals surface area contributed by atoms with Crippen molar-refractivity contribution in [1.82, 2.24) is 5.32 Å². The number of amides is 1. The second kappa shape index (κ2) is 9.41. The van der Waals surface area contributed by atoms with Crippen LogP contribution in [0.1, 0.15) is 26.7 Å². The van der Waals surface area contributed by atoms with Gasteiger partial charge in [-0.1, -0.05) is 31.5 Å². The molecule has 0 spiro atoms. The van der Waals surface area contributed by atoms with Gasteiger partial charge in [-0.15, -0.1) is 0 Å². The maximum absolute atomic E-state index is 13.2. The smallest absolute Gasteiger partial charge is 0.264 e. The van der Waals surface area contributed by atoms with Crippen LogP contribution in [-0.2, 0) is 14.8 Å². The van der Waals surface area contributed by atoms with Gasteiger partial charge in [0.2, 0.25) is 5.91 Å². The Balaban J connectivity index is 2.33. The van der Waals surface area contributed by atoms with Crippen LogP contribution in [0, 0.1) is 0 Å². The molecule has 2 aromatic rings. The zero-order valence-corrected chi connectivity index (χ0v) is 16.7. The standard InChI is InChI=1S/C20H26N2O4S/c1-4-8-16(2)21-20(23)15-22(17-9-6-5-7-10-17)27(24,25)19-13-11-18(26-3)12-14-19/h5-7,9-14,16H,4,8,15H2,1-3H3,(H,21,23)/t16-/m0/s1. The van der Waals surface area contributed by atoms with Crippen molar-refractivity contribution in [3.8, 4) is 5.75 Å². The zero-order chi connectivity index (χ0) is 19.9. The van der Waals surface area contributed by atoms with Crippen molar-refractivity contribution in [2.24, 2.45) is 0 Å². The predicted octanol–water partition coefficient (Wildman–Crippen LogP) is 3.20. The number of anilines is 1. The van der Waals surface area contributed by atoms with Gasteiger partial charge in [-0.05, 0) is 49.7 Å². The molecule has 0 heterocycles. The number of benzene rings is 2. The molecule has 1 N–H and O–H groups in total. The molecule has 0 bridgehead atoms. The lowest BCUT2D eigenvalue weighted by Crippen LogP contribution is -2.43. The summed E-state index contributed by atoms with van der Waals surface area (Å²) in [5.74, 6) is 0.225. The Labute approximate surface area is 161 Å². The van der Waals surface area contributed by atoms with E-state index in [0.29, 0.717) is 11.4 Å². The average Bonchev–Trinajstić information content (AvgIpc) is 2.67. The number of sulfonamides is 1. The maximum Gasteiger partial charge on any atom is 0.264 e. The molecular weight excluding hydrogens is 364 g/mol. The van der Waals surface area contributed by atoms with E-state index in [4.69, 9.17) is 4.74 Å². The fourth-order valence-electron chi connectivity index (χ4n) is 2.74. The van der Waals surface area contributed by atoms with E-state index in [2.05, 4.69) is 5.32 Å². The number of hydrogen-bond donors (Lipinski definition) is 1. The molecule has 0 aromatic heterocycles. The minimum atomic E-state index is -3.91. The first-order valence-electron chi connectivity index (χ1n) is 8.89. The van der Waals surface area contributed by atoms with Gasteiger partial charge in [-0.2, -0.15) is 0 Å². The van der Waals surface area contributed by atoms with Crippen LogP contribution in [0.4, 0.5) is 5.69 Å². The first-order valence-corrected chi connectivity index (χ1v) is 10.3. The van der Waals surface area contributed by atoms with Crippen molar-refractivity contribution < 1.29 is 17.9 Å². The Hall–Kier alpha value is -2.54. The van der Waals surface area contributed by atoms with Crippen LogP contribution in [0.25, 0.3) is 0 Å². The topological polar surface area (TPSA) is 75.7 Å². The Morgan fingerprint density at radius 1 is 1.11 bits per heavy atom. The number of hydrogen-bond acceptors (Lipinski definition) is 4. The summed E-state index contributed by atoms with van der Waals surface area (Å²) < 4.78 is 32.6. The minimum absolute atomic E-state index is 0.0104. The molecular formula is C20H26N2O4S. The summed E-state index contributed by atoms with van der Waals surface area (Å²) >= 11 is 0. The van der Waals surface area contributed by atoms with Crippen molar-refractivity contribution in [3.63, 3.8) is 0 Å². The van der Waals surface area contributed by atoms with Gasteiger partial charge in [0.25, 0.3) is 10.0 Å². The van der Waals surface area contributed by atoms with Gasteiger partial charge in [0, 0.05) is 6.04 Å². The van der Waals surface area contributed by atoms with E-state index in [9.17, 15) is 13.2 Å². The largest absolute Gasteiger partial charge is 0.497 e. The molecule has 1 amide bonds. The number of nitrogens with zero attached hydrogens (tertiary/aromatic N) is 1. The predicted molar refractivity (Wildman–Crippen MR) is 106 cm³/mol. The molecule has 0 aliphatic carbocycles. The van der Waals surface area contributed by atoms with Crippen LogP contribution in [0.3, 0.4) is 0 Å². The molecule has 6 nitrogen and oxygen atoms in total. The zero-order valence-electron chi connectivity index (χ0n) is 15.9. The van der Waals surface area contributed by atoms with Gasteiger partial charge in [0.1, 0.15) is 12.3 Å². The third-order valence-electron chi connectivity index (χ3n) is 4.11. The maximum atomic E-state index is 13.2. The van der Waals surface area contributed by atoms with Crippen LogP contribution in [-0.4, -0.2) is 34.0 Å². The summed E-state index contributed by atoms with van der Waals surface area (Å²) in [5, 5.41) is 2.86. The molecule has 0 unspecified atom stereocenters. The highest BCUT2D eigenvalue weighted by atomic mass is 32.2. The highest BCUT2D eigenvalue weighted by Gasteiger charge is 2.27. The lowest BCUT2D eigenvalue weighted by Gasteiger charge is -2.25. The highest BCUT2D eigenvalue weighted by molar-refractivity contribution is 7.92. The molecule has 2 aromatic carbocycles. The molecule has 0 aliphatic rings. The number of ether oxygens (including phenoxy) is 1. The van der Waals surface area contributed by atoms with Crippen molar-refractivity contribution >= 4 is 21.6 Å². The lowest BCUT2D eigenvalue weighted by atomic mass is 10.2. The van der Waals surface area contributed by atoms with Crippen molar-refractivity contribution in [1.29, 1.82) is 0 Å². The van der Waals surface area contributed by atoms with E-state index in [1.54, 1.807) is 42.5 Å². The highest BCUT2D eigenvalue weighted by Crippen LogP contribution is 2.24. The Kier molecular flexibility index (Phi) is 7.24. The lowest BCUT2D eigenvalue weighted by molar-refractivity contribution is -0.120. The number of methoxy groups -OCH3 is 1. The molecule has 0 saturated carbocycles. The third kappa shape index (κ3) is 5.47. The second-order valence-corrected chi connectivity index (χ2v) is 8.14. The first kappa shape index (κ1) is 20.8. The fourth-order valence-corrected chi connectivity index (χ4v) is 4.16. The molecule has 0 saturated heterocycles. The Bertz CT molecular complexity index is 836. The van der Waals surface area contributed by atoms with E-state index >= 15 is 0 Å². The molecule has 1 atom stereocenters. The fraction of sp³-hybridized carbons (Fsp3) is 0.350. The van der Waals surface area contributed by atoms with Crippen LogP contribution in [0.15, 0.2) is 59.5 Å².